The molecule has 3 aromatic carbocycles. The summed E-state index contributed by atoms with van der Waals surface area (Å²) in [7, 11) is 0. The monoisotopic (exact) mass is 487 g/mol. The number of carbonyl (C=O) groups excluding carboxylic acids is 1. The second-order valence-corrected chi connectivity index (χ2v) is 7.73. The van der Waals surface area contributed by atoms with Crippen molar-refractivity contribution in [2.45, 2.75) is 26.8 Å². The van der Waals surface area contributed by atoms with Crippen molar-refractivity contribution >= 4 is 5.91 Å². The molecule has 0 bridgehead atoms. The maximum Gasteiger partial charge on any atom is 0.252 e. The summed E-state index contributed by atoms with van der Waals surface area (Å²) in [5, 5.41) is 11.5. The number of rotatable bonds is 11. The second kappa shape index (κ2) is 11.9. The molecule has 8 heteroatoms. The van der Waals surface area contributed by atoms with E-state index in [4.69, 9.17) is 18.6 Å². The number of carbonyl (C=O) groups is 1. The van der Waals surface area contributed by atoms with E-state index >= 15 is 0 Å². The van der Waals surface area contributed by atoms with Crippen molar-refractivity contribution in [2.24, 2.45) is 0 Å². The van der Waals surface area contributed by atoms with E-state index in [1.165, 1.54) is 0 Å². The molecule has 4 aromatic rings. The van der Waals surface area contributed by atoms with Crippen molar-refractivity contribution in [1.82, 2.24) is 15.5 Å². The predicted molar refractivity (Wildman–Crippen MR) is 135 cm³/mol. The number of amides is 1. The Morgan fingerprint density at radius 3 is 2.00 bits per heavy atom. The van der Waals surface area contributed by atoms with Crippen LogP contribution in [0.15, 0.2) is 77.2 Å². The summed E-state index contributed by atoms with van der Waals surface area (Å²) in [4.78, 5) is 13.5. The van der Waals surface area contributed by atoms with E-state index in [2.05, 4.69) is 15.5 Å². The fourth-order valence-corrected chi connectivity index (χ4v) is 3.72. The van der Waals surface area contributed by atoms with Gasteiger partial charge in [0.05, 0.1) is 19.8 Å². The highest BCUT2D eigenvalue weighted by atomic mass is 16.5. The largest absolute Gasteiger partial charge is 0.490 e. The number of benzene rings is 3. The first-order chi connectivity index (χ1) is 17.6. The first-order valence-electron chi connectivity index (χ1n) is 12.0. The Kier molecular flexibility index (Phi) is 8.18. The van der Waals surface area contributed by atoms with Crippen LogP contribution in [0.1, 0.15) is 48.6 Å². The first-order valence-corrected chi connectivity index (χ1v) is 12.0. The van der Waals surface area contributed by atoms with Crippen LogP contribution in [0, 0.1) is 0 Å². The average Bonchev–Trinajstić information content (AvgIpc) is 3.40. The number of hydrogen-bond donors (Lipinski definition) is 1. The highest BCUT2D eigenvalue weighted by Crippen LogP contribution is 2.39. The van der Waals surface area contributed by atoms with Gasteiger partial charge in [0, 0.05) is 11.1 Å². The van der Waals surface area contributed by atoms with Crippen LogP contribution >= 0.6 is 0 Å². The van der Waals surface area contributed by atoms with Crippen LogP contribution in [0.4, 0.5) is 0 Å². The number of nitrogens with one attached hydrogen (secondary N) is 1. The molecule has 0 aliphatic heterocycles. The maximum absolute atomic E-state index is 13.5. The van der Waals surface area contributed by atoms with Crippen molar-refractivity contribution in [3.05, 3.63) is 89.8 Å². The van der Waals surface area contributed by atoms with Crippen LogP contribution in [-0.4, -0.2) is 35.9 Å². The zero-order chi connectivity index (χ0) is 25.3. The molecule has 186 valence electrons. The molecule has 0 fully saturated rings. The van der Waals surface area contributed by atoms with E-state index in [1.807, 2.05) is 81.4 Å². The highest BCUT2D eigenvalue weighted by molar-refractivity contribution is 5.96. The third-order valence-electron chi connectivity index (χ3n) is 5.29. The van der Waals surface area contributed by atoms with E-state index < -0.39 is 6.04 Å². The van der Waals surface area contributed by atoms with Crippen LogP contribution in [0.3, 0.4) is 0 Å². The minimum atomic E-state index is -0.665. The van der Waals surface area contributed by atoms with Crippen molar-refractivity contribution < 1.29 is 23.4 Å². The zero-order valence-corrected chi connectivity index (χ0v) is 20.6. The standard InChI is InChI=1S/C28H29N3O5/c1-4-33-22-17-21(18-23(34-5-2)25(22)35-6-3)26(32)29-24(19-13-9-7-10-14-19)28-31-30-27(36-28)20-15-11-8-12-16-20/h7-18,24H,4-6H2,1-3H3,(H,29,32)/t24-/m1/s1. The number of aromatic nitrogens is 2. The Morgan fingerprint density at radius 1 is 0.833 bits per heavy atom. The van der Waals surface area contributed by atoms with E-state index in [-0.39, 0.29) is 11.8 Å². The Labute approximate surface area is 210 Å². The lowest BCUT2D eigenvalue weighted by Gasteiger charge is -2.19. The van der Waals surface area contributed by atoms with Gasteiger partial charge in [0.25, 0.3) is 5.91 Å². The molecule has 0 saturated carbocycles. The molecule has 0 unspecified atom stereocenters. The van der Waals surface area contributed by atoms with Gasteiger partial charge >= 0.3 is 0 Å². The summed E-state index contributed by atoms with van der Waals surface area (Å²) in [5.41, 5.74) is 1.95. The summed E-state index contributed by atoms with van der Waals surface area (Å²) >= 11 is 0. The summed E-state index contributed by atoms with van der Waals surface area (Å²) in [6, 6.07) is 21.6. The molecule has 1 heterocycles. The number of nitrogens with zero attached hydrogens (tertiary/aromatic N) is 2. The van der Waals surface area contributed by atoms with Gasteiger partial charge in [-0.05, 0) is 50.6 Å². The van der Waals surface area contributed by atoms with E-state index in [0.717, 1.165) is 11.1 Å². The molecule has 0 spiro atoms. The number of ether oxygens (including phenoxy) is 3. The summed E-state index contributed by atoms with van der Waals surface area (Å²) in [5.74, 6) is 1.65. The molecule has 0 aliphatic carbocycles. The van der Waals surface area contributed by atoms with Crippen molar-refractivity contribution in [3.63, 3.8) is 0 Å². The minimum Gasteiger partial charge on any atom is -0.490 e. The SMILES string of the molecule is CCOc1cc(C(=O)N[C@H](c2ccccc2)c2nnc(-c3ccccc3)o2)cc(OCC)c1OCC. The Hall–Kier alpha value is -4.33. The lowest BCUT2D eigenvalue weighted by Crippen LogP contribution is -2.29. The third kappa shape index (κ3) is 5.66. The highest BCUT2D eigenvalue weighted by Gasteiger charge is 2.26. The normalized spacial score (nSPS) is 11.5. The molecule has 0 saturated heterocycles. The van der Waals surface area contributed by atoms with E-state index in [0.29, 0.717) is 48.5 Å². The van der Waals surface area contributed by atoms with Crippen molar-refractivity contribution in [3.8, 4) is 28.7 Å². The third-order valence-corrected chi connectivity index (χ3v) is 5.29. The lowest BCUT2D eigenvalue weighted by atomic mass is 10.1. The van der Waals surface area contributed by atoms with Crippen LogP contribution in [0.25, 0.3) is 11.5 Å². The van der Waals surface area contributed by atoms with Crippen LogP contribution < -0.4 is 19.5 Å². The first kappa shape index (κ1) is 24.8. The average molecular weight is 488 g/mol. The summed E-state index contributed by atoms with van der Waals surface area (Å²) in [6.07, 6.45) is 0. The van der Waals surface area contributed by atoms with Crippen LogP contribution in [0.5, 0.6) is 17.2 Å². The van der Waals surface area contributed by atoms with E-state index in [9.17, 15) is 4.79 Å². The van der Waals surface area contributed by atoms with Gasteiger partial charge in [0.15, 0.2) is 11.5 Å². The summed E-state index contributed by atoms with van der Waals surface area (Å²) < 4.78 is 23.3. The molecule has 0 aliphatic rings. The molecule has 1 amide bonds. The topological polar surface area (TPSA) is 95.7 Å². The minimum absolute atomic E-state index is 0.273. The van der Waals surface area contributed by atoms with Gasteiger partial charge in [-0.2, -0.15) is 0 Å². The van der Waals surface area contributed by atoms with Crippen LogP contribution in [0.2, 0.25) is 0 Å². The fourth-order valence-electron chi connectivity index (χ4n) is 3.72. The van der Waals surface area contributed by atoms with Crippen LogP contribution in [-0.2, 0) is 0 Å². The van der Waals surface area contributed by atoms with Crippen molar-refractivity contribution in [2.75, 3.05) is 19.8 Å². The fraction of sp³-hybridized carbons (Fsp3) is 0.250. The second-order valence-electron chi connectivity index (χ2n) is 7.73. The molecule has 0 radical (unpaired) electrons. The molecular formula is C28H29N3O5. The van der Waals surface area contributed by atoms with Gasteiger partial charge in [-0.3, -0.25) is 4.79 Å². The van der Waals surface area contributed by atoms with Gasteiger partial charge in [-0.25, -0.2) is 0 Å². The molecule has 4 rings (SSSR count). The number of hydrogen-bond acceptors (Lipinski definition) is 7. The molecule has 1 aromatic heterocycles. The Balaban J connectivity index is 1.69. The van der Waals surface area contributed by atoms with Gasteiger partial charge in [-0.15, -0.1) is 10.2 Å². The van der Waals surface area contributed by atoms with Gasteiger partial charge in [-0.1, -0.05) is 48.5 Å². The molecule has 36 heavy (non-hydrogen) atoms. The molecule has 8 nitrogen and oxygen atoms in total. The van der Waals surface area contributed by atoms with Gasteiger partial charge in [0.2, 0.25) is 17.5 Å². The molecule has 1 N–H and O–H groups in total. The smallest absolute Gasteiger partial charge is 0.252 e. The molecular weight excluding hydrogens is 458 g/mol. The summed E-state index contributed by atoms with van der Waals surface area (Å²) in [6.45, 7) is 6.87. The predicted octanol–water partition coefficient (Wildman–Crippen LogP) is 5.45. The zero-order valence-electron chi connectivity index (χ0n) is 20.6. The maximum atomic E-state index is 13.5. The Bertz CT molecular complexity index is 1250. The van der Waals surface area contributed by atoms with Gasteiger partial charge < -0.3 is 23.9 Å². The Morgan fingerprint density at radius 2 is 1.42 bits per heavy atom. The lowest BCUT2D eigenvalue weighted by molar-refractivity contribution is 0.0937. The van der Waals surface area contributed by atoms with Crippen molar-refractivity contribution in [1.29, 1.82) is 0 Å². The molecule has 1 atom stereocenters. The van der Waals surface area contributed by atoms with E-state index in [1.54, 1.807) is 12.1 Å². The van der Waals surface area contributed by atoms with Gasteiger partial charge in [0.1, 0.15) is 6.04 Å². The quantitative estimate of drug-likeness (QED) is 0.300.